The molecule has 0 spiro atoms. The molecule has 2 rings (SSSR count). The van der Waals surface area contributed by atoms with Crippen LogP contribution in [0.3, 0.4) is 0 Å². The molecule has 0 unspecified atom stereocenters. The predicted molar refractivity (Wildman–Crippen MR) is 86.8 cm³/mol. The highest BCUT2D eigenvalue weighted by Crippen LogP contribution is 2.14. The molecule has 0 aliphatic carbocycles. The van der Waals surface area contributed by atoms with E-state index in [1.165, 1.54) is 4.88 Å². The van der Waals surface area contributed by atoms with Crippen molar-refractivity contribution < 1.29 is 4.74 Å². The van der Waals surface area contributed by atoms with Gasteiger partial charge in [-0.15, -0.1) is 11.3 Å². The van der Waals surface area contributed by atoms with Crippen LogP contribution in [-0.2, 0) is 13.1 Å². The largest absolute Gasteiger partial charge is 0.481 e. The molecule has 0 saturated carbocycles. The highest BCUT2D eigenvalue weighted by molar-refractivity contribution is 7.09. The minimum absolute atomic E-state index is 0.525. The quantitative estimate of drug-likeness (QED) is 0.635. The van der Waals surface area contributed by atoms with Crippen molar-refractivity contribution in [1.82, 2.24) is 15.6 Å². The van der Waals surface area contributed by atoms with Gasteiger partial charge in [0, 0.05) is 23.2 Å². The van der Waals surface area contributed by atoms with Crippen molar-refractivity contribution in [3.8, 4) is 5.88 Å². The van der Waals surface area contributed by atoms with E-state index in [4.69, 9.17) is 4.74 Å². The molecule has 0 aliphatic heterocycles. The summed E-state index contributed by atoms with van der Waals surface area (Å²) in [4.78, 5) is 10.0. The lowest BCUT2D eigenvalue weighted by Crippen LogP contribution is -2.36. The Morgan fingerprint density at radius 1 is 1.33 bits per heavy atom. The van der Waals surface area contributed by atoms with Crippen LogP contribution < -0.4 is 15.4 Å². The number of pyridine rings is 1. The molecule has 0 radical (unpaired) electrons. The van der Waals surface area contributed by atoms with Crippen molar-refractivity contribution in [3.05, 3.63) is 46.3 Å². The van der Waals surface area contributed by atoms with E-state index in [-0.39, 0.29) is 0 Å². The van der Waals surface area contributed by atoms with Crippen LogP contribution in [0.5, 0.6) is 5.88 Å². The molecule has 2 N–H and O–H groups in total. The molecule has 0 amide bonds. The van der Waals surface area contributed by atoms with E-state index in [1.807, 2.05) is 25.1 Å². The van der Waals surface area contributed by atoms with Crippen LogP contribution in [0.15, 0.2) is 40.8 Å². The zero-order valence-corrected chi connectivity index (χ0v) is 13.1. The lowest BCUT2D eigenvalue weighted by molar-refractivity contribution is 0.392. The number of rotatable bonds is 6. The summed E-state index contributed by atoms with van der Waals surface area (Å²) in [5, 5.41) is 8.62. The second kappa shape index (κ2) is 8.26. The Morgan fingerprint density at radius 2 is 2.24 bits per heavy atom. The number of aromatic nitrogens is 1. The Morgan fingerprint density at radius 3 is 2.95 bits per heavy atom. The van der Waals surface area contributed by atoms with Crippen LogP contribution in [0.2, 0.25) is 0 Å². The van der Waals surface area contributed by atoms with E-state index in [0.29, 0.717) is 12.4 Å². The van der Waals surface area contributed by atoms with Crippen molar-refractivity contribution in [2.75, 3.05) is 13.7 Å². The van der Waals surface area contributed by atoms with Gasteiger partial charge >= 0.3 is 0 Å². The van der Waals surface area contributed by atoms with Gasteiger partial charge in [0.05, 0.1) is 20.2 Å². The Labute approximate surface area is 129 Å². The third kappa shape index (κ3) is 4.75. The molecule has 5 nitrogen and oxygen atoms in total. The normalized spacial score (nSPS) is 11.2. The predicted octanol–water partition coefficient (Wildman–Crippen LogP) is 2.41. The Kier molecular flexibility index (Phi) is 6.02. The molecule has 2 heterocycles. The summed E-state index contributed by atoms with van der Waals surface area (Å²) in [6.07, 6.45) is 1.71. The molecule has 0 atom stereocenters. The number of aliphatic imine (C=N–C) groups is 1. The third-order valence-electron chi connectivity index (χ3n) is 2.81. The summed E-state index contributed by atoms with van der Waals surface area (Å²) in [5.74, 6) is 1.41. The fourth-order valence-electron chi connectivity index (χ4n) is 1.82. The van der Waals surface area contributed by atoms with Crippen LogP contribution in [0.1, 0.15) is 17.4 Å². The van der Waals surface area contributed by atoms with Crippen molar-refractivity contribution in [1.29, 1.82) is 0 Å². The average Bonchev–Trinajstić information content (AvgIpc) is 3.03. The Hall–Kier alpha value is -2.08. The Bertz CT molecular complexity index is 569. The summed E-state index contributed by atoms with van der Waals surface area (Å²) >= 11 is 1.73. The maximum absolute atomic E-state index is 5.24. The minimum Gasteiger partial charge on any atom is -0.481 e. The molecule has 0 saturated heterocycles. The van der Waals surface area contributed by atoms with Gasteiger partial charge in [0.1, 0.15) is 0 Å². The zero-order valence-electron chi connectivity index (χ0n) is 12.3. The zero-order chi connectivity index (χ0) is 14.9. The molecule has 2 aromatic heterocycles. The fourth-order valence-corrected chi connectivity index (χ4v) is 2.46. The van der Waals surface area contributed by atoms with Gasteiger partial charge in [0.15, 0.2) is 5.96 Å². The first-order valence-electron chi connectivity index (χ1n) is 6.86. The van der Waals surface area contributed by atoms with Crippen molar-refractivity contribution in [3.63, 3.8) is 0 Å². The molecule has 0 aliphatic rings. The summed E-state index contributed by atoms with van der Waals surface area (Å²) < 4.78 is 5.24. The molecule has 0 aromatic carbocycles. The number of guanidine groups is 1. The van der Waals surface area contributed by atoms with Crippen molar-refractivity contribution in [2.24, 2.45) is 4.99 Å². The molecule has 21 heavy (non-hydrogen) atoms. The van der Waals surface area contributed by atoms with Gasteiger partial charge in [-0.3, -0.25) is 0 Å². The first kappa shape index (κ1) is 15.3. The second-order valence-electron chi connectivity index (χ2n) is 4.30. The molecule has 0 fully saturated rings. The standard InChI is InChI=1S/C15H20N4OS/c1-3-16-15(19-11-13-7-5-9-21-13)18-10-12-6-4-8-17-14(12)20-2/h4-9H,3,10-11H2,1-2H3,(H2,16,18,19). The van der Waals surface area contributed by atoms with Crippen LogP contribution in [0.4, 0.5) is 0 Å². The van der Waals surface area contributed by atoms with E-state index < -0.39 is 0 Å². The second-order valence-corrected chi connectivity index (χ2v) is 5.33. The van der Waals surface area contributed by atoms with Crippen LogP contribution in [0.25, 0.3) is 0 Å². The number of hydrogen-bond donors (Lipinski definition) is 2. The topological polar surface area (TPSA) is 58.5 Å². The summed E-state index contributed by atoms with van der Waals surface area (Å²) in [6.45, 7) is 4.16. The lowest BCUT2D eigenvalue weighted by Gasteiger charge is -2.11. The lowest BCUT2D eigenvalue weighted by atomic mass is 10.3. The van der Waals surface area contributed by atoms with Gasteiger partial charge in [-0.05, 0) is 24.4 Å². The minimum atomic E-state index is 0.525. The van der Waals surface area contributed by atoms with E-state index in [2.05, 4.69) is 32.1 Å². The maximum Gasteiger partial charge on any atom is 0.218 e. The van der Waals surface area contributed by atoms with Gasteiger partial charge in [-0.2, -0.15) is 0 Å². The Balaban J connectivity index is 1.99. The van der Waals surface area contributed by atoms with E-state index >= 15 is 0 Å². The van der Waals surface area contributed by atoms with Crippen LogP contribution in [-0.4, -0.2) is 24.6 Å². The molecule has 112 valence electrons. The number of methoxy groups -OCH3 is 1. The summed E-state index contributed by atoms with van der Waals surface area (Å²) in [5.41, 5.74) is 0.966. The van der Waals surface area contributed by atoms with Crippen molar-refractivity contribution >= 4 is 17.3 Å². The smallest absolute Gasteiger partial charge is 0.218 e. The van der Waals surface area contributed by atoms with E-state index in [0.717, 1.165) is 24.6 Å². The van der Waals surface area contributed by atoms with Crippen LogP contribution in [0, 0.1) is 0 Å². The number of nitrogens with one attached hydrogen (secondary N) is 2. The molecule has 0 bridgehead atoms. The van der Waals surface area contributed by atoms with E-state index in [9.17, 15) is 0 Å². The van der Waals surface area contributed by atoms with Gasteiger partial charge in [-0.1, -0.05) is 12.1 Å². The first-order chi connectivity index (χ1) is 10.3. The molecule has 6 heteroatoms. The molecular weight excluding hydrogens is 284 g/mol. The van der Waals surface area contributed by atoms with Gasteiger partial charge in [0.25, 0.3) is 0 Å². The van der Waals surface area contributed by atoms with Gasteiger partial charge in [-0.25, -0.2) is 9.98 Å². The molecular formula is C15H20N4OS. The number of nitrogens with zero attached hydrogens (tertiary/aromatic N) is 2. The summed E-state index contributed by atoms with van der Waals surface area (Å²) in [7, 11) is 1.62. The monoisotopic (exact) mass is 304 g/mol. The SMILES string of the molecule is CCNC(=NCc1cccnc1OC)NCc1cccs1. The average molecular weight is 304 g/mol. The van der Waals surface area contributed by atoms with Gasteiger partial charge < -0.3 is 15.4 Å². The van der Waals surface area contributed by atoms with E-state index in [1.54, 1.807) is 24.6 Å². The van der Waals surface area contributed by atoms with Crippen LogP contribution >= 0.6 is 11.3 Å². The van der Waals surface area contributed by atoms with Crippen molar-refractivity contribution in [2.45, 2.75) is 20.0 Å². The number of hydrogen-bond acceptors (Lipinski definition) is 4. The fraction of sp³-hybridized carbons (Fsp3) is 0.333. The molecule has 2 aromatic rings. The number of thiophene rings is 1. The number of ether oxygens (including phenoxy) is 1. The highest BCUT2D eigenvalue weighted by atomic mass is 32.1. The third-order valence-corrected chi connectivity index (χ3v) is 3.68. The first-order valence-corrected chi connectivity index (χ1v) is 7.74. The van der Waals surface area contributed by atoms with Gasteiger partial charge in [0.2, 0.25) is 5.88 Å². The summed E-state index contributed by atoms with van der Waals surface area (Å²) in [6, 6.07) is 8.01. The highest BCUT2D eigenvalue weighted by Gasteiger charge is 2.03. The maximum atomic E-state index is 5.24.